The molecule has 2 aromatic carbocycles. The first-order chi connectivity index (χ1) is 15.0. The number of pyridine rings is 1. The number of anilines is 1. The fourth-order valence-electron chi connectivity index (χ4n) is 3.11. The molecular formula is C23H20ClN3O2S2. The smallest absolute Gasteiger partial charge is 0.226 e. The zero-order chi connectivity index (χ0) is 21.8. The van der Waals surface area contributed by atoms with E-state index in [1.165, 1.54) is 11.3 Å². The van der Waals surface area contributed by atoms with Gasteiger partial charge in [-0.1, -0.05) is 35.9 Å². The van der Waals surface area contributed by atoms with Gasteiger partial charge in [-0.15, -0.1) is 23.1 Å². The molecule has 2 aromatic heterocycles. The van der Waals surface area contributed by atoms with Gasteiger partial charge in [-0.2, -0.15) is 0 Å². The van der Waals surface area contributed by atoms with Crippen LogP contribution in [0.25, 0.3) is 22.2 Å². The maximum absolute atomic E-state index is 12.4. The number of thiazole rings is 1. The zero-order valence-electron chi connectivity index (χ0n) is 17.0. The summed E-state index contributed by atoms with van der Waals surface area (Å²) in [6, 6.07) is 15.4. The number of hydrogen-bond acceptors (Lipinski definition) is 6. The number of carbonyl (C=O) groups excluding carboxylic acids is 1. The number of fused-ring (bicyclic) bond motifs is 1. The molecule has 2 heterocycles. The van der Waals surface area contributed by atoms with Gasteiger partial charge < -0.3 is 10.1 Å². The quantitative estimate of drug-likeness (QED) is 0.315. The molecule has 8 heteroatoms. The van der Waals surface area contributed by atoms with E-state index in [2.05, 4.69) is 17.2 Å². The van der Waals surface area contributed by atoms with E-state index in [4.69, 9.17) is 21.3 Å². The third kappa shape index (κ3) is 5.18. The number of para-hydroxylation sites is 1. The topological polar surface area (TPSA) is 64.1 Å². The number of aromatic nitrogens is 2. The standard InChI is InChI=1S/C23H20ClN3O2S2/c1-14-12-21(27-22-17(14)4-3-5-19(22)29-2)30-11-10-20(28)26-23-25-18(13-31-23)15-6-8-16(24)9-7-15/h3-9,12-13H,10-11H2,1-2H3,(H,25,26,28). The number of nitrogens with zero attached hydrogens (tertiary/aromatic N) is 2. The average Bonchev–Trinajstić information content (AvgIpc) is 3.22. The number of methoxy groups -OCH3 is 1. The molecule has 0 unspecified atom stereocenters. The van der Waals surface area contributed by atoms with E-state index < -0.39 is 0 Å². The highest BCUT2D eigenvalue weighted by Crippen LogP contribution is 2.30. The first-order valence-electron chi connectivity index (χ1n) is 9.62. The van der Waals surface area contributed by atoms with Crippen molar-refractivity contribution in [3.8, 4) is 17.0 Å². The van der Waals surface area contributed by atoms with Gasteiger partial charge in [-0.05, 0) is 36.8 Å². The Bertz CT molecular complexity index is 1230. The number of thioether (sulfide) groups is 1. The molecule has 4 aromatic rings. The average molecular weight is 470 g/mol. The Hall–Kier alpha value is -2.61. The molecular weight excluding hydrogens is 450 g/mol. The summed E-state index contributed by atoms with van der Waals surface area (Å²) in [7, 11) is 1.65. The molecule has 0 saturated carbocycles. The van der Waals surface area contributed by atoms with Gasteiger partial charge in [0.15, 0.2) is 5.13 Å². The molecule has 0 aliphatic rings. The lowest BCUT2D eigenvalue weighted by molar-refractivity contribution is -0.115. The number of halogens is 1. The van der Waals surface area contributed by atoms with Crippen LogP contribution < -0.4 is 10.1 Å². The Morgan fingerprint density at radius 3 is 2.77 bits per heavy atom. The van der Waals surface area contributed by atoms with E-state index >= 15 is 0 Å². The highest BCUT2D eigenvalue weighted by molar-refractivity contribution is 7.99. The number of carbonyl (C=O) groups is 1. The van der Waals surface area contributed by atoms with Crippen LogP contribution >= 0.6 is 34.7 Å². The zero-order valence-corrected chi connectivity index (χ0v) is 19.4. The molecule has 0 bridgehead atoms. The molecule has 0 aliphatic heterocycles. The first kappa shape index (κ1) is 21.6. The van der Waals surface area contributed by atoms with Crippen LogP contribution in [0.3, 0.4) is 0 Å². The van der Waals surface area contributed by atoms with E-state index in [1.807, 2.05) is 53.9 Å². The summed E-state index contributed by atoms with van der Waals surface area (Å²) >= 11 is 8.89. The van der Waals surface area contributed by atoms with Gasteiger partial charge in [0.25, 0.3) is 0 Å². The molecule has 0 atom stereocenters. The summed E-state index contributed by atoms with van der Waals surface area (Å²) in [6.45, 7) is 2.06. The summed E-state index contributed by atoms with van der Waals surface area (Å²) < 4.78 is 5.44. The van der Waals surface area contributed by atoms with Crippen molar-refractivity contribution in [2.24, 2.45) is 0 Å². The Morgan fingerprint density at radius 1 is 1.19 bits per heavy atom. The van der Waals surface area contributed by atoms with Crippen LogP contribution in [0.4, 0.5) is 5.13 Å². The predicted octanol–water partition coefficient (Wildman–Crippen LogP) is 6.45. The summed E-state index contributed by atoms with van der Waals surface area (Å²) in [6.07, 6.45) is 0.366. The van der Waals surface area contributed by atoms with Crippen LogP contribution in [0.2, 0.25) is 5.02 Å². The highest BCUT2D eigenvalue weighted by Gasteiger charge is 2.11. The van der Waals surface area contributed by atoms with Gasteiger partial charge >= 0.3 is 0 Å². The van der Waals surface area contributed by atoms with Crippen LogP contribution in [0, 0.1) is 6.92 Å². The number of rotatable bonds is 7. The van der Waals surface area contributed by atoms with E-state index in [0.29, 0.717) is 22.3 Å². The molecule has 158 valence electrons. The summed E-state index contributed by atoms with van der Waals surface area (Å²) in [5.41, 5.74) is 3.75. The van der Waals surface area contributed by atoms with Crippen molar-refractivity contribution in [3.05, 3.63) is 64.5 Å². The van der Waals surface area contributed by atoms with Crippen LogP contribution in [-0.4, -0.2) is 28.7 Å². The van der Waals surface area contributed by atoms with Gasteiger partial charge in [-0.25, -0.2) is 9.97 Å². The molecule has 0 fully saturated rings. The highest BCUT2D eigenvalue weighted by atomic mass is 35.5. The summed E-state index contributed by atoms with van der Waals surface area (Å²) in [5, 5.41) is 8.01. The Kier molecular flexibility index (Phi) is 6.75. The maximum atomic E-state index is 12.4. The fraction of sp³-hybridized carbons (Fsp3) is 0.174. The monoisotopic (exact) mass is 469 g/mol. The largest absolute Gasteiger partial charge is 0.494 e. The number of ether oxygens (including phenoxy) is 1. The maximum Gasteiger partial charge on any atom is 0.226 e. The summed E-state index contributed by atoms with van der Waals surface area (Å²) in [4.78, 5) is 21.6. The minimum absolute atomic E-state index is 0.0698. The number of aryl methyl sites for hydroxylation is 1. The lowest BCUT2D eigenvalue weighted by Crippen LogP contribution is -2.12. The number of hydrogen-bond donors (Lipinski definition) is 1. The van der Waals surface area contributed by atoms with E-state index in [0.717, 1.165) is 38.5 Å². The number of nitrogens with one attached hydrogen (secondary N) is 1. The van der Waals surface area contributed by atoms with Crippen molar-refractivity contribution in [1.29, 1.82) is 0 Å². The van der Waals surface area contributed by atoms with Crippen molar-refractivity contribution in [3.63, 3.8) is 0 Å². The van der Waals surface area contributed by atoms with Gasteiger partial charge in [0, 0.05) is 33.5 Å². The molecule has 0 aliphatic carbocycles. The van der Waals surface area contributed by atoms with Crippen molar-refractivity contribution in [1.82, 2.24) is 9.97 Å². The number of amides is 1. The Labute approximate surface area is 193 Å². The lowest BCUT2D eigenvalue weighted by Gasteiger charge is -2.09. The SMILES string of the molecule is COc1cccc2c(C)cc(SCCC(=O)Nc3nc(-c4ccc(Cl)cc4)cs3)nc12. The van der Waals surface area contributed by atoms with Gasteiger partial charge in [0.1, 0.15) is 11.3 Å². The van der Waals surface area contributed by atoms with Crippen LogP contribution in [-0.2, 0) is 4.79 Å². The predicted molar refractivity (Wildman–Crippen MR) is 130 cm³/mol. The first-order valence-corrected chi connectivity index (χ1v) is 11.9. The van der Waals surface area contributed by atoms with Crippen molar-refractivity contribution < 1.29 is 9.53 Å². The third-order valence-corrected chi connectivity index (χ3v) is 6.60. The second-order valence-corrected chi connectivity index (χ2v) is 9.23. The second-order valence-electron chi connectivity index (χ2n) is 6.83. The van der Waals surface area contributed by atoms with E-state index in [9.17, 15) is 4.79 Å². The molecule has 0 radical (unpaired) electrons. The normalized spacial score (nSPS) is 10.9. The lowest BCUT2D eigenvalue weighted by atomic mass is 10.1. The molecule has 0 spiro atoms. The molecule has 1 amide bonds. The number of benzene rings is 2. The minimum Gasteiger partial charge on any atom is -0.494 e. The van der Waals surface area contributed by atoms with E-state index in [-0.39, 0.29) is 5.91 Å². The van der Waals surface area contributed by atoms with Crippen LogP contribution in [0.5, 0.6) is 5.75 Å². The van der Waals surface area contributed by atoms with Gasteiger partial charge in [0.05, 0.1) is 17.8 Å². The molecule has 4 rings (SSSR count). The van der Waals surface area contributed by atoms with Crippen LogP contribution in [0.15, 0.2) is 58.9 Å². The molecule has 5 nitrogen and oxygen atoms in total. The second kappa shape index (κ2) is 9.68. The van der Waals surface area contributed by atoms with Crippen LogP contribution in [0.1, 0.15) is 12.0 Å². The minimum atomic E-state index is -0.0698. The van der Waals surface area contributed by atoms with Crippen molar-refractivity contribution >= 4 is 56.6 Å². The summed E-state index contributed by atoms with van der Waals surface area (Å²) in [5.74, 6) is 1.30. The van der Waals surface area contributed by atoms with Crippen molar-refractivity contribution in [2.45, 2.75) is 18.4 Å². The van der Waals surface area contributed by atoms with E-state index in [1.54, 1.807) is 18.9 Å². The molecule has 31 heavy (non-hydrogen) atoms. The van der Waals surface area contributed by atoms with Crippen molar-refractivity contribution in [2.75, 3.05) is 18.2 Å². The Morgan fingerprint density at radius 2 is 2.00 bits per heavy atom. The van der Waals surface area contributed by atoms with Gasteiger partial charge in [0.2, 0.25) is 5.91 Å². The van der Waals surface area contributed by atoms with Gasteiger partial charge in [-0.3, -0.25) is 4.79 Å². The fourth-order valence-corrected chi connectivity index (χ4v) is 4.89. The third-order valence-electron chi connectivity index (χ3n) is 4.68. The molecule has 1 N–H and O–H groups in total. The molecule has 0 saturated heterocycles. The Balaban J connectivity index is 1.35.